The van der Waals surface area contributed by atoms with Gasteiger partial charge in [-0.25, -0.2) is 15.0 Å². The number of rotatable bonds is 2. The number of aromatic amines is 1. The van der Waals surface area contributed by atoms with Crippen LogP contribution < -0.4 is 5.73 Å². The average Bonchev–Trinajstić information content (AvgIpc) is 2.61. The number of imidazole rings is 1. The molecule has 2 aromatic rings. The Hall–Kier alpha value is -1.91. The third kappa shape index (κ3) is 1.48. The highest BCUT2D eigenvalue weighted by Gasteiger charge is 1.99. The molecule has 0 radical (unpaired) electrons. The summed E-state index contributed by atoms with van der Waals surface area (Å²) in [5.74, 6) is 0.723. The Morgan fingerprint density at radius 1 is 1.46 bits per heavy atom. The molecule has 2 heterocycles. The Morgan fingerprint density at radius 3 is 3.23 bits per heavy atom. The fraction of sp³-hybridized carbons (Fsp3) is 0.125. The Morgan fingerprint density at radius 2 is 2.38 bits per heavy atom. The van der Waals surface area contributed by atoms with Crippen molar-refractivity contribution in [1.29, 1.82) is 0 Å². The number of aromatic nitrogens is 4. The van der Waals surface area contributed by atoms with Crippen LogP contribution in [0.5, 0.6) is 0 Å². The molecule has 0 aliphatic carbocycles. The van der Waals surface area contributed by atoms with Gasteiger partial charge in [-0.3, -0.25) is 0 Å². The lowest BCUT2D eigenvalue weighted by molar-refractivity contribution is 1.01. The van der Waals surface area contributed by atoms with Gasteiger partial charge in [-0.2, -0.15) is 0 Å². The zero-order valence-corrected chi connectivity index (χ0v) is 6.94. The number of hydrogen-bond acceptors (Lipinski definition) is 4. The number of allylic oxidation sites excluding steroid dienone is 1. The zero-order chi connectivity index (χ0) is 9.10. The van der Waals surface area contributed by atoms with Gasteiger partial charge >= 0.3 is 0 Å². The summed E-state index contributed by atoms with van der Waals surface area (Å²) in [5, 5.41) is 0. The van der Waals surface area contributed by atoms with E-state index in [4.69, 9.17) is 5.73 Å². The molecule has 0 fully saturated rings. The third-order valence-electron chi connectivity index (χ3n) is 1.66. The molecule has 5 heteroatoms. The van der Waals surface area contributed by atoms with Gasteiger partial charge in [-0.05, 0) is 6.20 Å². The van der Waals surface area contributed by atoms with Crippen molar-refractivity contribution in [3.05, 3.63) is 30.6 Å². The summed E-state index contributed by atoms with van der Waals surface area (Å²) in [5.41, 5.74) is 6.75. The lowest BCUT2D eigenvalue weighted by Gasteiger charge is -1.93. The molecule has 0 unspecified atom stereocenters. The van der Waals surface area contributed by atoms with Crippen molar-refractivity contribution in [2.75, 3.05) is 0 Å². The van der Waals surface area contributed by atoms with Crippen LogP contribution in [0.25, 0.3) is 11.2 Å². The molecule has 0 saturated carbocycles. The molecule has 0 aliphatic heterocycles. The van der Waals surface area contributed by atoms with Gasteiger partial charge in [0.05, 0.1) is 12.5 Å². The topological polar surface area (TPSA) is 80.5 Å². The van der Waals surface area contributed by atoms with Crippen molar-refractivity contribution in [3.63, 3.8) is 0 Å². The first kappa shape index (κ1) is 7.72. The lowest BCUT2D eigenvalue weighted by Crippen LogP contribution is -1.93. The predicted octanol–water partition coefficient (Wildman–Crippen LogP) is 0.368. The quantitative estimate of drug-likeness (QED) is 0.690. The molecular weight excluding hydrogens is 166 g/mol. The highest BCUT2D eigenvalue weighted by Crippen LogP contribution is 2.04. The van der Waals surface area contributed by atoms with Crippen LogP contribution in [0, 0.1) is 0 Å². The van der Waals surface area contributed by atoms with Crippen LogP contribution in [0.4, 0.5) is 0 Å². The molecule has 0 saturated heterocycles. The van der Waals surface area contributed by atoms with Gasteiger partial charge < -0.3 is 10.7 Å². The van der Waals surface area contributed by atoms with Gasteiger partial charge in [0, 0.05) is 6.42 Å². The Kier molecular flexibility index (Phi) is 1.91. The smallest absolute Gasteiger partial charge is 0.180 e. The minimum Gasteiger partial charge on any atom is -0.405 e. The van der Waals surface area contributed by atoms with E-state index in [0.717, 1.165) is 11.3 Å². The second kappa shape index (κ2) is 3.22. The van der Waals surface area contributed by atoms with Crippen LogP contribution in [-0.4, -0.2) is 19.9 Å². The number of nitrogens with two attached hydrogens (primary N) is 1. The van der Waals surface area contributed by atoms with Crippen LogP contribution in [-0.2, 0) is 6.42 Å². The predicted molar refractivity (Wildman–Crippen MR) is 48.7 cm³/mol. The van der Waals surface area contributed by atoms with E-state index in [1.165, 1.54) is 6.20 Å². The number of fused-ring (bicyclic) bond motifs is 1. The summed E-state index contributed by atoms with van der Waals surface area (Å²) >= 11 is 0. The second-order valence-corrected chi connectivity index (χ2v) is 2.56. The first-order valence-corrected chi connectivity index (χ1v) is 3.92. The van der Waals surface area contributed by atoms with Crippen molar-refractivity contribution >= 4 is 11.2 Å². The molecule has 0 aliphatic rings. The number of nitrogens with one attached hydrogen (secondary N) is 1. The molecule has 3 N–H and O–H groups in total. The molecule has 2 rings (SSSR count). The fourth-order valence-electron chi connectivity index (χ4n) is 1.04. The van der Waals surface area contributed by atoms with E-state index in [1.807, 2.05) is 0 Å². The first-order valence-electron chi connectivity index (χ1n) is 3.92. The molecule has 2 aromatic heterocycles. The molecule has 5 nitrogen and oxygen atoms in total. The van der Waals surface area contributed by atoms with E-state index in [2.05, 4.69) is 19.9 Å². The first-order chi connectivity index (χ1) is 6.40. The molecule has 0 atom stereocenters. The van der Waals surface area contributed by atoms with Gasteiger partial charge in [-0.15, -0.1) is 0 Å². The fourth-order valence-corrected chi connectivity index (χ4v) is 1.04. The normalized spacial score (nSPS) is 11.4. The summed E-state index contributed by atoms with van der Waals surface area (Å²) < 4.78 is 0. The molecular formula is C8H9N5. The van der Waals surface area contributed by atoms with Gasteiger partial charge in [-0.1, -0.05) is 6.08 Å². The van der Waals surface area contributed by atoms with Crippen molar-refractivity contribution in [2.24, 2.45) is 5.73 Å². The standard InChI is InChI=1S/C8H9N5/c9-3-1-2-7-10-4-6-8(13-7)12-5-11-6/h1,3-5H,2,9H2,(H,10,11,12,13)/b3-1+. The van der Waals surface area contributed by atoms with Crippen LogP contribution in [0.1, 0.15) is 5.82 Å². The molecule has 0 amide bonds. The Bertz CT molecular complexity index is 431. The maximum Gasteiger partial charge on any atom is 0.180 e. The number of nitrogens with zero attached hydrogens (tertiary/aromatic N) is 3. The molecule has 66 valence electrons. The summed E-state index contributed by atoms with van der Waals surface area (Å²) in [4.78, 5) is 15.3. The Labute approximate surface area is 74.7 Å². The third-order valence-corrected chi connectivity index (χ3v) is 1.66. The number of H-pyrrole nitrogens is 1. The Balaban J connectivity index is 2.36. The minimum atomic E-state index is 0.638. The monoisotopic (exact) mass is 175 g/mol. The highest BCUT2D eigenvalue weighted by atomic mass is 15.0. The van der Waals surface area contributed by atoms with E-state index >= 15 is 0 Å². The van der Waals surface area contributed by atoms with E-state index < -0.39 is 0 Å². The largest absolute Gasteiger partial charge is 0.405 e. The van der Waals surface area contributed by atoms with E-state index in [0.29, 0.717) is 12.1 Å². The van der Waals surface area contributed by atoms with Gasteiger partial charge in [0.2, 0.25) is 0 Å². The summed E-state index contributed by atoms with van der Waals surface area (Å²) in [7, 11) is 0. The minimum absolute atomic E-state index is 0.638. The summed E-state index contributed by atoms with van der Waals surface area (Å²) in [6.07, 6.45) is 7.24. The molecule has 13 heavy (non-hydrogen) atoms. The van der Waals surface area contributed by atoms with Crippen molar-refractivity contribution in [2.45, 2.75) is 6.42 Å². The lowest BCUT2D eigenvalue weighted by atomic mass is 10.4. The van der Waals surface area contributed by atoms with Gasteiger partial charge in [0.15, 0.2) is 5.65 Å². The van der Waals surface area contributed by atoms with Crippen LogP contribution in [0.15, 0.2) is 24.8 Å². The molecule has 0 aromatic carbocycles. The van der Waals surface area contributed by atoms with E-state index in [-0.39, 0.29) is 0 Å². The SMILES string of the molecule is N/C=C/Cc1ncc2[nH]cnc2n1. The van der Waals surface area contributed by atoms with E-state index in [9.17, 15) is 0 Å². The number of hydrogen-bond donors (Lipinski definition) is 2. The molecule has 0 spiro atoms. The zero-order valence-electron chi connectivity index (χ0n) is 6.94. The van der Waals surface area contributed by atoms with Gasteiger partial charge in [0.1, 0.15) is 11.3 Å². The second-order valence-electron chi connectivity index (χ2n) is 2.56. The van der Waals surface area contributed by atoms with Crippen LogP contribution in [0.3, 0.4) is 0 Å². The van der Waals surface area contributed by atoms with Crippen molar-refractivity contribution in [3.8, 4) is 0 Å². The maximum absolute atomic E-state index is 5.21. The van der Waals surface area contributed by atoms with Crippen molar-refractivity contribution in [1.82, 2.24) is 19.9 Å². The summed E-state index contributed by atoms with van der Waals surface area (Å²) in [6.45, 7) is 0. The van der Waals surface area contributed by atoms with Crippen molar-refractivity contribution < 1.29 is 0 Å². The summed E-state index contributed by atoms with van der Waals surface area (Å²) in [6, 6.07) is 0. The average molecular weight is 175 g/mol. The van der Waals surface area contributed by atoms with Gasteiger partial charge in [0.25, 0.3) is 0 Å². The van der Waals surface area contributed by atoms with Crippen LogP contribution >= 0.6 is 0 Å². The van der Waals surface area contributed by atoms with E-state index in [1.54, 1.807) is 18.6 Å². The highest BCUT2D eigenvalue weighted by molar-refractivity contribution is 5.68. The van der Waals surface area contributed by atoms with Crippen LogP contribution in [0.2, 0.25) is 0 Å². The molecule has 0 bridgehead atoms. The maximum atomic E-state index is 5.21.